The summed E-state index contributed by atoms with van der Waals surface area (Å²) in [5.74, 6) is 6.94. The van der Waals surface area contributed by atoms with E-state index in [0.29, 0.717) is 17.2 Å². The second-order valence-corrected chi connectivity index (χ2v) is 8.02. The maximum Gasteiger partial charge on any atom is 0.356 e. The molecule has 0 unspecified atom stereocenters. The third-order valence-electron chi connectivity index (χ3n) is 4.19. The van der Waals surface area contributed by atoms with Gasteiger partial charge in [-0.15, -0.1) is 41.9 Å². The molecular formula is C19H21ClN2O4S2. The van der Waals surface area contributed by atoms with Crippen LogP contribution >= 0.6 is 35.9 Å². The molecule has 2 aliphatic heterocycles. The number of nitrogens with two attached hydrogens (primary N) is 1. The molecule has 150 valence electrons. The first-order valence-corrected chi connectivity index (χ1v) is 10.4. The average molecular weight is 441 g/mol. The van der Waals surface area contributed by atoms with E-state index in [-0.39, 0.29) is 30.3 Å². The summed E-state index contributed by atoms with van der Waals surface area (Å²) in [7, 11) is 1.59. The van der Waals surface area contributed by atoms with Gasteiger partial charge in [0.25, 0.3) is 0 Å². The smallest absolute Gasteiger partial charge is 0.356 e. The van der Waals surface area contributed by atoms with Crippen molar-refractivity contribution in [2.45, 2.75) is 24.9 Å². The van der Waals surface area contributed by atoms with Gasteiger partial charge in [0.1, 0.15) is 29.5 Å². The molecule has 1 fully saturated rings. The third-order valence-corrected chi connectivity index (χ3v) is 6.65. The summed E-state index contributed by atoms with van der Waals surface area (Å²) in [6, 6.07) is 6.70. The van der Waals surface area contributed by atoms with Gasteiger partial charge in [0.15, 0.2) is 0 Å². The van der Waals surface area contributed by atoms with Crippen LogP contribution in [0.1, 0.15) is 12.5 Å². The molecule has 0 bridgehead atoms. The number of nitrogens with zero attached hydrogens (tertiary/aromatic N) is 1. The van der Waals surface area contributed by atoms with Crippen molar-refractivity contribution in [2.75, 3.05) is 18.6 Å². The number of β-lactam (4-membered cyclic amide) rings is 1. The van der Waals surface area contributed by atoms with Gasteiger partial charge in [-0.2, -0.15) is 0 Å². The van der Waals surface area contributed by atoms with Crippen LogP contribution in [0.25, 0.3) is 0 Å². The third kappa shape index (κ3) is 4.61. The molecule has 2 N–H and O–H groups in total. The van der Waals surface area contributed by atoms with Gasteiger partial charge in [0.05, 0.1) is 12.9 Å². The zero-order valence-corrected chi connectivity index (χ0v) is 17.9. The Hall–Kier alpha value is -1.79. The maximum atomic E-state index is 12.8. The molecule has 9 heteroatoms. The van der Waals surface area contributed by atoms with Crippen molar-refractivity contribution in [3.05, 3.63) is 40.4 Å². The predicted molar refractivity (Wildman–Crippen MR) is 114 cm³/mol. The number of carbonyl (C=O) groups excluding carboxylic acids is 2. The molecule has 0 saturated carbocycles. The highest BCUT2D eigenvalue weighted by molar-refractivity contribution is 8.06. The number of hydrogen-bond donors (Lipinski definition) is 1. The van der Waals surface area contributed by atoms with Crippen molar-refractivity contribution in [3.63, 3.8) is 0 Å². The van der Waals surface area contributed by atoms with Crippen LogP contribution in [0, 0.1) is 11.8 Å². The summed E-state index contributed by atoms with van der Waals surface area (Å²) in [6.07, 6.45) is 0. The summed E-state index contributed by atoms with van der Waals surface area (Å²) in [4.78, 5) is 27.3. The van der Waals surface area contributed by atoms with Crippen LogP contribution in [0.15, 0.2) is 34.9 Å². The fourth-order valence-corrected chi connectivity index (χ4v) is 5.11. The van der Waals surface area contributed by atoms with Crippen LogP contribution in [0.2, 0.25) is 0 Å². The standard InChI is InChI=1S/C19H20N2O4S2.ClH/c1-3-4-9-26-14-11-27-18-15(20)17(22)21(18)16(14)19(23)25-10-12-5-7-13(24-2)8-6-12;/h5-8,15,18H,9-11,20H2,1-2H3;1H/t15-,18-;/m1./s1. The average Bonchev–Trinajstić information content (AvgIpc) is 2.71. The minimum Gasteiger partial charge on any atom is -0.497 e. The summed E-state index contributed by atoms with van der Waals surface area (Å²) < 4.78 is 10.6. The van der Waals surface area contributed by atoms with Crippen LogP contribution in [0.3, 0.4) is 0 Å². The normalized spacial score (nSPS) is 20.2. The van der Waals surface area contributed by atoms with E-state index in [4.69, 9.17) is 15.2 Å². The highest BCUT2D eigenvalue weighted by Gasteiger charge is 2.52. The molecule has 6 nitrogen and oxygen atoms in total. The number of methoxy groups -OCH3 is 1. The Bertz CT molecular complexity index is 833. The van der Waals surface area contributed by atoms with Crippen molar-refractivity contribution in [1.29, 1.82) is 0 Å². The Morgan fingerprint density at radius 2 is 2.11 bits per heavy atom. The Morgan fingerprint density at radius 3 is 2.75 bits per heavy atom. The molecule has 28 heavy (non-hydrogen) atoms. The van der Waals surface area contributed by atoms with Gasteiger partial charge in [0, 0.05) is 10.7 Å². The van der Waals surface area contributed by atoms with Gasteiger partial charge in [-0.05, 0) is 24.6 Å². The van der Waals surface area contributed by atoms with Crippen molar-refractivity contribution >= 4 is 47.8 Å². The Morgan fingerprint density at radius 1 is 1.39 bits per heavy atom. The van der Waals surface area contributed by atoms with E-state index in [2.05, 4.69) is 11.8 Å². The first kappa shape index (κ1) is 22.5. The number of fused-ring (bicyclic) bond motifs is 1. The number of amides is 1. The van der Waals surface area contributed by atoms with Crippen molar-refractivity contribution in [3.8, 4) is 17.6 Å². The van der Waals surface area contributed by atoms with Gasteiger partial charge in [-0.1, -0.05) is 18.1 Å². The summed E-state index contributed by atoms with van der Waals surface area (Å²) in [6.45, 7) is 1.88. The van der Waals surface area contributed by atoms with Gasteiger partial charge in [-0.25, -0.2) is 4.79 Å². The molecule has 0 aliphatic carbocycles. The molecular weight excluding hydrogens is 420 g/mol. The number of benzene rings is 1. The topological polar surface area (TPSA) is 81.9 Å². The largest absolute Gasteiger partial charge is 0.497 e. The molecule has 1 aromatic rings. The number of ether oxygens (including phenoxy) is 2. The number of halogens is 1. The van der Waals surface area contributed by atoms with Crippen molar-refractivity contribution in [2.24, 2.45) is 5.73 Å². The molecule has 0 spiro atoms. The zero-order valence-electron chi connectivity index (χ0n) is 15.5. The molecule has 2 aliphatic rings. The lowest BCUT2D eigenvalue weighted by Gasteiger charge is -2.48. The van der Waals surface area contributed by atoms with E-state index in [9.17, 15) is 9.59 Å². The van der Waals surface area contributed by atoms with Crippen LogP contribution in [0.4, 0.5) is 0 Å². The SMILES string of the molecule is CC#CCSC1=C(C(=O)OCc2ccc(OC)cc2)N2C(=O)[C@@H](N)[C@H]2SC1.Cl. The van der Waals surface area contributed by atoms with Crippen LogP contribution in [-0.2, 0) is 20.9 Å². The van der Waals surface area contributed by atoms with Gasteiger partial charge >= 0.3 is 5.97 Å². The number of carbonyl (C=O) groups is 2. The molecule has 2 heterocycles. The molecule has 1 saturated heterocycles. The first-order valence-electron chi connectivity index (χ1n) is 8.32. The molecule has 3 rings (SSSR count). The number of esters is 1. The fraction of sp³-hybridized carbons (Fsp3) is 0.368. The van der Waals surface area contributed by atoms with Gasteiger partial charge in [-0.3, -0.25) is 9.69 Å². The van der Waals surface area contributed by atoms with Crippen LogP contribution < -0.4 is 10.5 Å². The van der Waals surface area contributed by atoms with Crippen molar-refractivity contribution < 1.29 is 19.1 Å². The van der Waals surface area contributed by atoms with E-state index < -0.39 is 12.0 Å². The predicted octanol–water partition coefficient (Wildman–Crippen LogP) is 2.37. The minimum atomic E-state index is -0.568. The maximum absolute atomic E-state index is 12.8. The molecule has 0 aromatic heterocycles. The second kappa shape index (κ2) is 10.1. The van der Waals surface area contributed by atoms with Crippen molar-refractivity contribution in [1.82, 2.24) is 4.90 Å². The van der Waals surface area contributed by atoms with Gasteiger partial charge in [0.2, 0.25) is 5.91 Å². The first-order chi connectivity index (χ1) is 13.1. The summed E-state index contributed by atoms with van der Waals surface area (Å²) in [5.41, 5.74) is 7.02. The lowest BCUT2D eigenvalue weighted by molar-refractivity contribution is -0.151. The molecule has 2 atom stereocenters. The van der Waals surface area contributed by atoms with Crippen LogP contribution in [-0.4, -0.2) is 46.8 Å². The highest BCUT2D eigenvalue weighted by Crippen LogP contribution is 2.43. The van der Waals surface area contributed by atoms with E-state index in [1.807, 2.05) is 12.1 Å². The number of thioether (sulfide) groups is 2. The van der Waals surface area contributed by atoms with Gasteiger partial charge < -0.3 is 15.2 Å². The minimum absolute atomic E-state index is 0. The number of rotatable bonds is 6. The summed E-state index contributed by atoms with van der Waals surface area (Å²) in [5, 5.41) is -0.206. The Labute approximate surface area is 179 Å². The second-order valence-electron chi connectivity index (χ2n) is 5.85. The molecule has 0 radical (unpaired) electrons. The monoisotopic (exact) mass is 440 g/mol. The zero-order chi connectivity index (χ0) is 19.4. The molecule has 1 aromatic carbocycles. The highest BCUT2D eigenvalue weighted by atomic mass is 35.5. The quantitative estimate of drug-likeness (QED) is 0.413. The van der Waals surface area contributed by atoms with E-state index in [1.165, 1.54) is 16.7 Å². The van der Waals surface area contributed by atoms with E-state index in [0.717, 1.165) is 16.2 Å². The van der Waals surface area contributed by atoms with E-state index in [1.54, 1.807) is 37.9 Å². The number of hydrogen-bond acceptors (Lipinski definition) is 7. The Balaban J connectivity index is 0.00000280. The fourth-order valence-electron chi connectivity index (χ4n) is 2.72. The van der Waals surface area contributed by atoms with Crippen LogP contribution in [0.5, 0.6) is 5.75 Å². The Kier molecular flexibility index (Phi) is 8.13. The summed E-state index contributed by atoms with van der Waals surface area (Å²) >= 11 is 3.02. The molecule has 1 amide bonds. The lowest BCUT2D eigenvalue weighted by Crippen LogP contribution is -2.68. The van der Waals surface area contributed by atoms with E-state index >= 15 is 0 Å². The lowest BCUT2D eigenvalue weighted by atomic mass is 10.1.